The minimum absolute atomic E-state index is 0.799. The van der Waals surface area contributed by atoms with Gasteiger partial charge < -0.3 is 5.09 Å². The van der Waals surface area contributed by atoms with Crippen molar-refractivity contribution in [3.63, 3.8) is 0 Å². The fraction of sp³-hybridized carbons (Fsp3) is 0.0385. The zero-order valence-corrected chi connectivity index (χ0v) is 17.3. The molecule has 0 atom stereocenters. The highest BCUT2D eigenvalue weighted by Gasteiger charge is 2.17. The first-order chi connectivity index (χ1) is 14.3. The zero-order chi connectivity index (χ0) is 19.9. The smallest absolute Gasteiger partial charge is 0.137 e. The van der Waals surface area contributed by atoms with E-state index in [1.165, 1.54) is 16.2 Å². The molecule has 0 aliphatic carbocycles. The maximum Gasteiger partial charge on any atom is 0.137 e. The fourth-order valence-electron chi connectivity index (χ4n) is 3.04. The summed E-state index contributed by atoms with van der Waals surface area (Å²) in [6.45, 7) is 2.10. The molecule has 2 nitrogen and oxygen atoms in total. The van der Waals surface area contributed by atoms with Gasteiger partial charge in [-0.3, -0.25) is 0 Å². The Morgan fingerprint density at radius 1 is 0.621 bits per heavy atom. The molecule has 4 aromatic rings. The number of amidine groups is 1. The van der Waals surface area contributed by atoms with Crippen LogP contribution in [0.2, 0.25) is 0 Å². The van der Waals surface area contributed by atoms with Gasteiger partial charge in [0, 0.05) is 16.2 Å². The van der Waals surface area contributed by atoms with Crippen LogP contribution in [0.3, 0.4) is 0 Å². The topological polar surface area (TPSA) is 24.4 Å². The Kier molecular flexibility index (Phi) is 6.14. The van der Waals surface area contributed by atoms with Crippen molar-refractivity contribution in [1.29, 1.82) is 0 Å². The number of aliphatic imine (C=N–C) groups is 1. The third kappa shape index (κ3) is 4.99. The van der Waals surface area contributed by atoms with Crippen molar-refractivity contribution in [2.24, 2.45) is 4.99 Å². The normalized spacial score (nSPS) is 11.4. The largest absolute Gasteiger partial charge is 0.341 e. The van der Waals surface area contributed by atoms with Crippen molar-refractivity contribution in [3.05, 3.63) is 126 Å². The van der Waals surface area contributed by atoms with Gasteiger partial charge in [0.05, 0.1) is 13.8 Å². The fourth-order valence-corrected chi connectivity index (χ4v) is 4.92. The number of hydrogen-bond donors (Lipinski definition) is 1. The molecule has 142 valence electrons. The maximum atomic E-state index is 4.97. The van der Waals surface area contributed by atoms with Gasteiger partial charge in [-0.25, -0.2) is 4.99 Å². The van der Waals surface area contributed by atoms with Crippen LogP contribution < -0.4 is 15.7 Å². The van der Waals surface area contributed by atoms with E-state index in [9.17, 15) is 0 Å². The number of benzene rings is 4. The average Bonchev–Trinajstić information content (AvgIpc) is 2.79. The summed E-state index contributed by atoms with van der Waals surface area (Å²) in [6.07, 6.45) is 0. The third-order valence-electron chi connectivity index (χ3n) is 4.57. The molecule has 0 aliphatic rings. The molecule has 0 heterocycles. The van der Waals surface area contributed by atoms with Crippen molar-refractivity contribution < 1.29 is 0 Å². The molecule has 0 saturated heterocycles. The summed E-state index contributed by atoms with van der Waals surface area (Å²) >= 11 is 0. The highest BCUT2D eigenvalue weighted by atomic mass is 31.1. The molecule has 0 amide bonds. The second kappa shape index (κ2) is 9.32. The van der Waals surface area contributed by atoms with Crippen LogP contribution in [0.4, 0.5) is 5.69 Å². The van der Waals surface area contributed by atoms with Gasteiger partial charge >= 0.3 is 0 Å². The van der Waals surface area contributed by atoms with Gasteiger partial charge in [-0.2, -0.15) is 0 Å². The Bertz CT molecular complexity index is 1020. The van der Waals surface area contributed by atoms with Crippen LogP contribution in [-0.4, -0.2) is 5.84 Å². The van der Waals surface area contributed by atoms with Crippen LogP contribution in [0.1, 0.15) is 11.1 Å². The van der Waals surface area contributed by atoms with Crippen LogP contribution >= 0.6 is 8.07 Å². The van der Waals surface area contributed by atoms with Gasteiger partial charge in [0.15, 0.2) is 0 Å². The molecule has 0 bridgehead atoms. The lowest BCUT2D eigenvalue weighted by Gasteiger charge is -2.22. The van der Waals surface area contributed by atoms with Gasteiger partial charge in [-0.05, 0) is 19.1 Å². The summed E-state index contributed by atoms with van der Waals surface area (Å²) < 4.78 is 0. The molecular weight excluding hydrogens is 371 g/mol. The second-order valence-electron chi connectivity index (χ2n) is 6.78. The quantitative estimate of drug-likeness (QED) is 0.262. The number of para-hydroxylation sites is 1. The first-order valence-electron chi connectivity index (χ1n) is 9.67. The molecule has 0 spiro atoms. The Morgan fingerprint density at radius 2 is 1.10 bits per heavy atom. The van der Waals surface area contributed by atoms with E-state index < -0.39 is 8.07 Å². The number of nitrogens with zero attached hydrogens (tertiary/aromatic N) is 1. The number of nitrogens with one attached hydrogen (secondary N) is 1. The Hall–Kier alpha value is -3.22. The van der Waals surface area contributed by atoms with Crippen molar-refractivity contribution in [2.45, 2.75) is 6.92 Å². The molecular formula is C26H23N2P. The monoisotopic (exact) mass is 394 g/mol. The van der Waals surface area contributed by atoms with Crippen LogP contribution in [0, 0.1) is 6.92 Å². The molecule has 4 aromatic carbocycles. The lowest BCUT2D eigenvalue weighted by atomic mass is 10.1. The highest BCUT2D eigenvalue weighted by Crippen LogP contribution is 2.30. The summed E-state index contributed by atoms with van der Waals surface area (Å²) in [6, 6.07) is 39.8. The molecule has 1 N–H and O–H groups in total. The zero-order valence-electron chi connectivity index (χ0n) is 16.4. The molecule has 0 aliphatic heterocycles. The molecule has 0 saturated carbocycles. The summed E-state index contributed by atoms with van der Waals surface area (Å²) in [5, 5.41) is 6.32. The molecule has 0 aromatic heterocycles. The molecule has 4 rings (SSSR count). The van der Waals surface area contributed by atoms with E-state index in [-0.39, 0.29) is 0 Å². The van der Waals surface area contributed by atoms with Gasteiger partial charge in [-0.1, -0.05) is 109 Å². The standard InChI is InChI=1S/C26H23N2P/c1-21-17-19-22(20-18-21)26(27-23-11-5-2-6-12-23)28-29(24-13-7-3-8-14-24)25-15-9-4-10-16-25/h2-20H,1H3,(H,27,28). The Balaban J connectivity index is 1.78. The van der Waals surface area contributed by atoms with Crippen LogP contribution in [0.25, 0.3) is 0 Å². The second-order valence-corrected chi connectivity index (χ2v) is 8.71. The summed E-state index contributed by atoms with van der Waals surface area (Å²) in [4.78, 5) is 4.97. The lowest BCUT2D eigenvalue weighted by Crippen LogP contribution is -2.29. The number of aryl methyl sites for hydroxylation is 1. The van der Waals surface area contributed by atoms with E-state index in [1.54, 1.807) is 0 Å². The molecule has 0 unspecified atom stereocenters. The number of rotatable bonds is 5. The lowest BCUT2D eigenvalue weighted by molar-refractivity contribution is 1.37. The van der Waals surface area contributed by atoms with E-state index in [0.29, 0.717) is 0 Å². The van der Waals surface area contributed by atoms with E-state index in [0.717, 1.165) is 17.1 Å². The van der Waals surface area contributed by atoms with E-state index >= 15 is 0 Å². The van der Waals surface area contributed by atoms with Crippen molar-refractivity contribution in [2.75, 3.05) is 0 Å². The first kappa shape index (κ1) is 19.1. The van der Waals surface area contributed by atoms with Crippen LogP contribution in [0.5, 0.6) is 0 Å². The maximum absolute atomic E-state index is 4.97. The average molecular weight is 394 g/mol. The van der Waals surface area contributed by atoms with Crippen molar-refractivity contribution in [1.82, 2.24) is 5.09 Å². The van der Waals surface area contributed by atoms with Gasteiger partial charge in [0.1, 0.15) is 5.84 Å². The van der Waals surface area contributed by atoms with E-state index in [2.05, 4.69) is 96.9 Å². The van der Waals surface area contributed by atoms with Crippen LogP contribution in [-0.2, 0) is 0 Å². The highest BCUT2D eigenvalue weighted by molar-refractivity contribution is 7.71. The molecule has 0 fully saturated rings. The molecule has 3 heteroatoms. The molecule has 29 heavy (non-hydrogen) atoms. The van der Waals surface area contributed by atoms with Gasteiger partial charge in [0.25, 0.3) is 0 Å². The number of hydrogen-bond acceptors (Lipinski definition) is 1. The SMILES string of the molecule is Cc1ccc(C(=Nc2ccccc2)NP(c2ccccc2)c2ccccc2)cc1. The predicted molar refractivity (Wildman–Crippen MR) is 126 cm³/mol. The summed E-state index contributed by atoms with van der Waals surface area (Å²) in [7, 11) is -0.799. The van der Waals surface area contributed by atoms with E-state index in [1.807, 2.05) is 30.3 Å². The first-order valence-corrected chi connectivity index (χ1v) is 11.0. The predicted octanol–water partition coefficient (Wildman–Crippen LogP) is 5.71. The van der Waals surface area contributed by atoms with Gasteiger partial charge in [0.2, 0.25) is 0 Å². The van der Waals surface area contributed by atoms with E-state index in [4.69, 9.17) is 4.99 Å². The minimum Gasteiger partial charge on any atom is -0.341 e. The summed E-state index contributed by atoms with van der Waals surface area (Å²) in [5.74, 6) is 0.884. The Morgan fingerprint density at radius 3 is 1.62 bits per heavy atom. The van der Waals surface area contributed by atoms with Crippen molar-refractivity contribution in [3.8, 4) is 0 Å². The van der Waals surface area contributed by atoms with Gasteiger partial charge in [-0.15, -0.1) is 0 Å². The third-order valence-corrected chi connectivity index (χ3v) is 6.63. The van der Waals surface area contributed by atoms with Crippen molar-refractivity contribution >= 4 is 30.2 Å². The minimum atomic E-state index is -0.799. The Labute approximate surface area is 173 Å². The molecule has 0 radical (unpaired) electrons. The summed E-state index contributed by atoms with van der Waals surface area (Å²) in [5.41, 5.74) is 3.26. The van der Waals surface area contributed by atoms with Crippen LogP contribution in [0.15, 0.2) is 120 Å².